The van der Waals surface area contributed by atoms with Crippen LogP contribution in [0.3, 0.4) is 0 Å². The van der Waals surface area contributed by atoms with E-state index in [0.29, 0.717) is 5.82 Å². The van der Waals surface area contributed by atoms with Crippen molar-refractivity contribution in [2.45, 2.75) is 0 Å². The van der Waals surface area contributed by atoms with E-state index in [9.17, 15) is 0 Å². The minimum atomic E-state index is 0.662. The number of rotatable bonds is 6. The van der Waals surface area contributed by atoms with Gasteiger partial charge in [-0.25, -0.2) is 14.5 Å². The van der Waals surface area contributed by atoms with Gasteiger partial charge in [0.05, 0.1) is 39.1 Å². The van der Waals surface area contributed by atoms with Gasteiger partial charge in [0.1, 0.15) is 5.69 Å². The normalized spacial score (nSPS) is 11.9. The molecule has 13 rings (SSSR count). The maximum atomic E-state index is 5.46. The van der Waals surface area contributed by atoms with Crippen LogP contribution in [-0.4, -0.2) is 24.0 Å². The number of benzene rings is 8. The molecule has 0 amide bonds. The topological polar surface area (TPSA) is 47.5 Å². The summed E-state index contributed by atoms with van der Waals surface area (Å²) in [4.78, 5) is 10.7. The predicted molar refractivity (Wildman–Crippen MR) is 256 cm³/mol. The van der Waals surface area contributed by atoms with Crippen LogP contribution < -0.4 is 0 Å². The summed E-state index contributed by atoms with van der Waals surface area (Å²) in [5.41, 5.74) is 15.8. The first-order valence-electron chi connectivity index (χ1n) is 21.0. The number of nitrogens with zero attached hydrogens (tertiary/aromatic N) is 5. The van der Waals surface area contributed by atoms with Gasteiger partial charge in [-0.3, -0.25) is 0 Å². The Balaban J connectivity index is 1.04. The molecule has 288 valence electrons. The van der Waals surface area contributed by atoms with E-state index < -0.39 is 0 Å². The van der Waals surface area contributed by atoms with Gasteiger partial charge in [-0.2, -0.15) is 5.10 Å². The Morgan fingerprint density at radius 1 is 0.339 bits per heavy atom. The lowest BCUT2D eigenvalue weighted by molar-refractivity contribution is 0.979. The molecular formula is C57H35N5. The molecule has 0 aliphatic carbocycles. The van der Waals surface area contributed by atoms with Crippen molar-refractivity contribution in [1.29, 1.82) is 0 Å². The molecule has 5 aromatic heterocycles. The second-order valence-electron chi connectivity index (χ2n) is 16.0. The van der Waals surface area contributed by atoms with Crippen molar-refractivity contribution in [3.05, 3.63) is 212 Å². The molecule has 5 nitrogen and oxygen atoms in total. The Hall–Kier alpha value is -8.41. The van der Waals surface area contributed by atoms with Gasteiger partial charge in [0.15, 0.2) is 5.82 Å². The summed E-state index contributed by atoms with van der Waals surface area (Å²) in [5, 5.41) is 12.7. The highest BCUT2D eigenvalue weighted by Gasteiger charge is 2.23. The van der Waals surface area contributed by atoms with Crippen LogP contribution in [-0.2, 0) is 0 Å². The average molecular weight is 790 g/mol. The van der Waals surface area contributed by atoms with Gasteiger partial charge in [0.25, 0.3) is 0 Å². The van der Waals surface area contributed by atoms with E-state index in [2.05, 4.69) is 215 Å². The van der Waals surface area contributed by atoms with Crippen molar-refractivity contribution in [2.24, 2.45) is 0 Å². The molecule has 0 aliphatic rings. The van der Waals surface area contributed by atoms with Crippen molar-refractivity contribution in [1.82, 2.24) is 24.0 Å². The predicted octanol–water partition coefficient (Wildman–Crippen LogP) is 14.4. The maximum absolute atomic E-state index is 5.46. The highest BCUT2D eigenvalue weighted by atomic mass is 15.2. The van der Waals surface area contributed by atoms with Gasteiger partial charge in [0.2, 0.25) is 0 Å². The third-order valence-electron chi connectivity index (χ3n) is 12.4. The van der Waals surface area contributed by atoms with E-state index in [4.69, 9.17) is 15.1 Å². The minimum Gasteiger partial charge on any atom is -0.308 e. The average Bonchev–Trinajstić information content (AvgIpc) is 4.03. The van der Waals surface area contributed by atoms with Crippen LogP contribution in [0.25, 0.3) is 122 Å². The van der Waals surface area contributed by atoms with Gasteiger partial charge >= 0.3 is 0 Å². The largest absolute Gasteiger partial charge is 0.308 e. The first-order chi connectivity index (χ1) is 30.7. The van der Waals surface area contributed by atoms with E-state index in [0.717, 1.165) is 78.0 Å². The molecule has 0 aliphatic heterocycles. The standard InChI is InChI=1S/C57H35N5/c1-4-17-36(18-5-1)48-35-49(42-32-46-44-27-12-14-29-50(44)61-51-30-15-13-28-45(51)47(33-42)55(46)61)59-57(58-48)41-25-16-24-40(31-41)52-34-39-23-10-11-26-43(39)56-53(37-19-6-2-7-20-37)54(60-62(52)56)38-21-8-3-9-22-38/h1-35H. The monoisotopic (exact) mass is 789 g/mol. The van der Waals surface area contributed by atoms with Crippen LogP contribution in [0, 0.1) is 0 Å². The third kappa shape index (κ3) is 5.25. The van der Waals surface area contributed by atoms with Crippen LogP contribution in [0.15, 0.2) is 212 Å². The first-order valence-corrected chi connectivity index (χ1v) is 21.0. The van der Waals surface area contributed by atoms with Crippen molar-refractivity contribution in [3.8, 4) is 67.5 Å². The second-order valence-corrected chi connectivity index (χ2v) is 16.0. The van der Waals surface area contributed by atoms with Crippen LogP contribution in [0.2, 0.25) is 0 Å². The summed E-state index contributed by atoms with van der Waals surface area (Å²) in [7, 11) is 0. The molecule has 5 heterocycles. The highest BCUT2D eigenvalue weighted by molar-refractivity contribution is 6.24. The fourth-order valence-electron chi connectivity index (χ4n) is 9.67. The van der Waals surface area contributed by atoms with Crippen molar-refractivity contribution in [3.63, 3.8) is 0 Å². The molecule has 0 bridgehead atoms. The molecule has 0 saturated heterocycles. The van der Waals surface area contributed by atoms with E-state index in [1.165, 1.54) is 38.1 Å². The summed E-state index contributed by atoms with van der Waals surface area (Å²) in [6.45, 7) is 0. The van der Waals surface area contributed by atoms with Gasteiger partial charge in [-0.15, -0.1) is 0 Å². The van der Waals surface area contributed by atoms with Gasteiger partial charge in [-0.1, -0.05) is 170 Å². The van der Waals surface area contributed by atoms with Crippen molar-refractivity contribution >= 4 is 54.4 Å². The van der Waals surface area contributed by atoms with Crippen molar-refractivity contribution in [2.75, 3.05) is 0 Å². The molecule has 0 unspecified atom stereocenters. The number of hydrogen-bond acceptors (Lipinski definition) is 3. The Morgan fingerprint density at radius 2 is 0.871 bits per heavy atom. The Bertz CT molecular complexity index is 3760. The smallest absolute Gasteiger partial charge is 0.160 e. The van der Waals surface area contributed by atoms with E-state index in [-0.39, 0.29) is 0 Å². The number of hydrogen-bond donors (Lipinski definition) is 0. The number of fused-ring (bicyclic) bond motifs is 9. The van der Waals surface area contributed by atoms with Crippen LogP contribution in [0.5, 0.6) is 0 Å². The lowest BCUT2D eigenvalue weighted by atomic mass is 9.97. The first kappa shape index (κ1) is 34.5. The second kappa shape index (κ2) is 13.6. The lowest BCUT2D eigenvalue weighted by Crippen LogP contribution is -1.98. The fraction of sp³-hybridized carbons (Fsp3) is 0. The summed E-state index contributed by atoms with van der Waals surface area (Å²) < 4.78 is 4.56. The van der Waals surface area contributed by atoms with Gasteiger partial charge in [0, 0.05) is 60.3 Å². The Kier molecular flexibility index (Phi) is 7.54. The van der Waals surface area contributed by atoms with Crippen LogP contribution in [0.1, 0.15) is 0 Å². The van der Waals surface area contributed by atoms with Gasteiger partial charge in [-0.05, 0) is 53.4 Å². The molecule has 0 saturated carbocycles. The van der Waals surface area contributed by atoms with Gasteiger partial charge < -0.3 is 4.40 Å². The molecule has 5 heteroatoms. The Morgan fingerprint density at radius 3 is 1.55 bits per heavy atom. The zero-order valence-corrected chi connectivity index (χ0v) is 33.4. The summed E-state index contributed by atoms with van der Waals surface area (Å²) in [6.07, 6.45) is 0. The summed E-state index contributed by atoms with van der Waals surface area (Å²) in [6, 6.07) is 75.3. The van der Waals surface area contributed by atoms with E-state index >= 15 is 0 Å². The molecule has 8 aromatic carbocycles. The van der Waals surface area contributed by atoms with Crippen molar-refractivity contribution < 1.29 is 0 Å². The quantitative estimate of drug-likeness (QED) is 0.169. The van der Waals surface area contributed by atoms with Crippen LogP contribution >= 0.6 is 0 Å². The third-order valence-corrected chi connectivity index (χ3v) is 12.4. The maximum Gasteiger partial charge on any atom is 0.160 e. The molecule has 0 radical (unpaired) electrons. The highest BCUT2D eigenvalue weighted by Crippen LogP contribution is 2.43. The van der Waals surface area contributed by atoms with Crippen LogP contribution in [0.4, 0.5) is 0 Å². The van der Waals surface area contributed by atoms with E-state index in [1.807, 2.05) is 6.07 Å². The number of pyridine rings is 1. The summed E-state index contributed by atoms with van der Waals surface area (Å²) in [5.74, 6) is 0.662. The molecule has 62 heavy (non-hydrogen) atoms. The zero-order chi connectivity index (χ0) is 40.7. The van der Waals surface area contributed by atoms with E-state index in [1.54, 1.807) is 0 Å². The number of para-hydroxylation sites is 2. The molecule has 13 aromatic rings. The SMILES string of the molecule is c1ccc(-c2cc(-c3cc4c5ccccc5n5c6ccccc6c(c3)c45)nc(-c3cccc(-c4cc5ccccc5c5c(-c6ccccc6)c(-c6ccccc6)nn45)c3)n2)cc1. The summed E-state index contributed by atoms with van der Waals surface area (Å²) >= 11 is 0. The molecule has 0 spiro atoms. The molecule has 0 N–H and O–H groups in total. The minimum absolute atomic E-state index is 0.662. The molecule has 0 fully saturated rings. The fourth-order valence-corrected chi connectivity index (χ4v) is 9.67. The lowest BCUT2D eigenvalue weighted by Gasteiger charge is -2.13. The molecular weight excluding hydrogens is 755 g/mol. The Labute approximate surface area is 356 Å². The molecule has 0 atom stereocenters. The number of aromatic nitrogens is 5. The zero-order valence-electron chi connectivity index (χ0n) is 33.4.